The molecule has 0 aliphatic carbocycles. The quantitative estimate of drug-likeness (QED) is 0.262. The Hall–Kier alpha value is -3.98. The molecule has 1 atom stereocenters. The maximum Gasteiger partial charge on any atom is 0.295 e. The van der Waals surface area contributed by atoms with Gasteiger partial charge in [0.05, 0.1) is 44.3 Å². The number of aryl methyl sites for hydroxylation is 1. The molecule has 1 N–H and O–H groups in total. The predicted molar refractivity (Wildman–Crippen MR) is 133 cm³/mol. The van der Waals surface area contributed by atoms with Gasteiger partial charge in [-0.05, 0) is 30.7 Å². The SMILES string of the molecule is COc1ccc(C(O)=C2C(=O)C(=O)N(CCCn3ccnc3)[C@@H]2c2cccc(OC)c2OC)cc1Cl. The van der Waals surface area contributed by atoms with E-state index >= 15 is 0 Å². The zero-order valence-electron chi connectivity index (χ0n) is 20.1. The molecule has 0 unspecified atom stereocenters. The van der Waals surface area contributed by atoms with Crippen molar-refractivity contribution in [2.24, 2.45) is 0 Å². The molecule has 2 heterocycles. The van der Waals surface area contributed by atoms with Gasteiger partial charge in [-0.15, -0.1) is 0 Å². The van der Waals surface area contributed by atoms with Crippen molar-refractivity contribution in [1.82, 2.24) is 14.5 Å². The molecule has 9 nitrogen and oxygen atoms in total. The summed E-state index contributed by atoms with van der Waals surface area (Å²) in [7, 11) is 4.46. The highest BCUT2D eigenvalue weighted by Crippen LogP contribution is 2.45. The fourth-order valence-electron chi connectivity index (χ4n) is 4.37. The van der Waals surface area contributed by atoms with Gasteiger partial charge < -0.3 is 28.8 Å². The lowest BCUT2D eigenvalue weighted by molar-refractivity contribution is -0.140. The van der Waals surface area contributed by atoms with Crippen LogP contribution in [0.15, 0.2) is 60.7 Å². The number of carbonyl (C=O) groups is 2. The molecule has 1 aromatic heterocycles. The van der Waals surface area contributed by atoms with Crippen molar-refractivity contribution in [3.63, 3.8) is 0 Å². The van der Waals surface area contributed by atoms with E-state index in [-0.39, 0.29) is 28.5 Å². The van der Waals surface area contributed by atoms with Crippen LogP contribution in [0.4, 0.5) is 0 Å². The summed E-state index contributed by atoms with van der Waals surface area (Å²) in [5, 5.41) is 11.6. The molecule has 1 aliphatic rings. The molecular weight excluding hydrogens is 486 g/mol. The summed E-state index contributed by atoms with van der Waals surface area (Å²) in [5.74, 6) is -0.630. The van der Waals surface area contributed by atoms with Crippen LogP contribution in [0.3, 0.4) is 0 Å². The molecule has 1 fully saturated rings. The molecule has 0 saturated carbocycles. The summed E-state index contributed by atoms with van der Waals surface area (Å²) in [6.45, 7) is 0.854. The number of amides is 1. The van der Waals surface area contributed by atoms with Crippen LogP contribution in [0.25, 0.3) is 5.76 Å². The second-order valence-corrected chi connectivity index (χ2v) is 8.49. The van der Waals surface area contributed by atoms with Crippen LogP contribution >= 0.6 is 11.6 Å². The van der Waals surface area contributed by atoms with Crippen LogP contribution in [-0.2, 0) is 16.1 Å². The van der Waals surface area contributed by atoms with Crippen LogP contribution in [0.1, 0.15) is 23.6 Å². The molecule has 1 saturated heterocycles. The first-order chi connectivity index (χ1) is 17.4. The zero-order valence-corrected chi connectivity index (χ0v) is 20.9. The van der Waals surface area contributed by atoms with Gasteiger partial charge in [-0.1, -0.05) is 23.7 Å². The topological polar surface area (TPSA) is 103 Å². The van der Waals surface area contributed by atoms with Crippen molar-refractivity contribution in [3.8, 4) is 17.2 Å². The van der Waals surface area contributed by atoms with Gasteiger partial charge in [0.25, 0.3) is 11.7 Å². The largest absolute Gasteiger partial charge is 0.507 e. The number of nitrogens with zero attached hydrogens (tertiary/aromatic N) is 3. The van der Waals surface area contributed by atoms with E-state index in [9.17, 15) is 14.7 Å². The minimum atomic E-state index is -0.904. The second kappa shape index (κ2) is 10.7. The minimum absolute atomic E-state index is 0.0598. The molecule has 2 aromatic carbocycles. The molecule has 3 aromatic rings. The Labute approximate surface area is 213 Å². The first kappa shape index (κ1) is 25.1. The molecule has 0 spiro atoms. The summed E-state index contributed by atoms with van der Waals surface area (Å²) in [6.07, 6.45) is 5.74. The number of likely N-dealkylation sites (tertiary alicyclic amines) is 1. The maximum absolute atomic E-state index is 13.3. The highest BCUT2D eigenvalue weighted by atomic mass is 35.5. The van der Waals surface area contributed by atoms with Crippen LogP contribution in [0.2, 0.25) is 5.02 Å². The van der Waals surface area contributed by atoms with E-state index in [4.69, 9.17) is 25.8 Å². The Morgan fingerprint density at radius 3 is 2.47 bits per heavy atom. The lowest BCUT2D eigenvalue weighted by Gasteiger charge is -2.27. The second-order valence-electron chi connectivity index (χ2n) is 8.08. The highest BCUT2D eigenvalue weighted by Gasteiger charge is 2.47. The first-order valence-corrected chi connectivity index (χ1v) is 11.6. The van der Waals surface area contributed by atoms with Gasteiger partial charge in [-0.2, -0.15) is 0 Å². The summed E-state index contributed by atoms with van der Waals surface area (Å²) in [4.78, 5) is 32.0. The number of aromatic nitrogens is 2. The normalized spacial score (nSPS) is 16.9. The number of benzene rings is 2. The number of aliphatic hydroxyl groups excluding tert-OH is 1. The summed E-state index contributed by atoms with van der Waals surface area (Å²) in [5.41, 5.74) is 0.735. The van der Waals surface area contributed by atoms with Gasteiger partial charge >= 0.3 is 0 Å². The van der Waals surface area contributed by atoms with Crippen molar-refractivity contribution in [1.29, 1.82) is 0 Å². The lowest BCUT2D eigenvalue weighted by atomic mass is 9.94. The van der Waals surface area contributed by atoms with E-state index in [1.54, 1.807) is 42.9 Å². The number of halogens is 1. The maximum atomic E-state index is 13.3. The number of imidazole rings is 1. The van der Waals surface area contributed by atoms with Gasteiger partial charge in [-0.3, -0.25) is 9.59 Å². The summed E-state index contributed by atoms with van der Waals surface area (Å²) < 4.78 is 18.1. The van der Waals surface area contributed by atoms with Gasteiger partial charge in [0.15, 0.2) is 11.5 Å². The molecule has 36 heavy (non-hydrogen) atoms. The smallest absolute Gasteiger partial charge is 0.295 e. The van der Waals surface area contributed by atoms with E-state index in [0.717, 1.165) is 0 Å². The van der Waals surface area contributed by atoms with Gasteiger partial charge in [-0.25, -0.2) is 4.98 Å². The fraction of sp³-hybridized carbons (Fsp3) is 0.269. The average molecular weight is 512 g/mol. The Balaban J connectivity index is 1.83. The van der Waals surface area contributed by atoms with E-state index in [1.807, 2.05) is 10.8 Å². The molecular formula is C26H26ClN3O6. The number of hydrogen-bond acceptors (Lipinski definition) is 7. The molecule has 10 heteroatoms. The Kier molecular flexibility index (Phi) is 7.49. The van der Waals surface area contributed by atoms with Crippen LogP contribution in [0.5, 0.6) is 17.2 Å². The van der Waals surface area contributed by atoms with E-state index in [2.05, 4.69) is 4.98 Å². The molecule has 1 amide bonds. The van der Waals surface area contributed by atoms with Crippen LogP contribution < -0.4 is 14.2 Å². The summed E-state index contributed by atoms with van der Waals surface area (Å²) in [6, 6.07) is 8.95. The minimum Gasteiger partial charge on any atom is -0.507 e. The highest BCUT2D eigenvalue weighted by molar-refractivity contribution is 6.46. The van der Waals surface area contributed by atoms with Crippen molar-refractivity contribution in [3.05, 3.63) is 76.8 Å². The number of para-hydroxylation sites is 1. The lowest BCUT2D eigenvalue weighted by Crippen LogP contribution is -2.31. The number of methoxy groups -OCH3 is 3. The molecule has 0 bridgehead atoms. The fourth-order valence-corrected chi connectivity index (χ4v) is 4.63. The van der Waals surface area contributed by atoms with Gasteiger partial charge in [0.2, 0.25) is 0 Å². The molecule has 0 radical (unpaired) electrons. The van der Waals surface area contributed by atoms with Crippen molar-refractivity contribution in [2.45, 2.75) is 19.0 Å². The average Bonchev–Trinajstić information content (AvgIpc) is 3.50. The number of ketones is 1. The van der Waals surface area contributed by atoms with Crippen molar-refractivity contribution < 1.29 is 28.9 Å². The number of aliphatic hydroxyl groups is 1. The number of rotatable bonds is 9. The van der Waals surface area contributed by atoms with Crippen molar-refractivity contribution >= 4 is 29.1 Å². The standard InChI is InChI=1S/C26H26ClN3O6/c1-34-19-9-8-16(14-18(19)27)23(31)21-22(17-6-4-7-20(35-2)25(17)36-3)30(26(33)24(21)32)12-5-11-29-13-10-28-15-29/h4,6-10,13-15,22,31H,5,11-12H2,1-3H3/t22-/m1/s1. The third-order valence-corrected chi connectivity index (χ3v) is 6.36. The van der Waals surface area contributed by atoms with E-state index in [1.165, 1.54) is 32.3 Å². The number of hydrogen-bond donors (Lipinski definition) is 1. The summed E-state index contributed by atoms with van der Waals surface area (Å²) >= 11 is 6.27. The third kappa shape index (κ3) is 4.61. The number of Topliss-reactive ketones (excluding diaryl/α,β-unsaturated/α-hetero) is 1. The van der Waals surface area contributed by atoms with Gasteiger partial charge in [0.1, 0.15) is 11.5 Å². The Bertz CT molecular complexity index is 1310. The number of carbonyl (C=O) groups excluding carboxylic acids is 2. The number of ether oxygens (including phenoxy) is 3. The third-order valence-electron chi connectivity index (χ3n) is 6.07. The van der Waals surface area contributed by atoms with Gasteiger partial charge in [0, 0.05) is 36.6 Å². The predicted octanol–water partition coefficient (Wildman–Crippen LogP) is 4.07. The van der Waals surface area contributed by atoms with E-state index < -0.39 is 17.7 Å². The molecule has 4 rings (SSSR count). The van der Waals surface area contributed by atoms with Crippen LogP contribution in [0, 0.1) is 0 Å². The first-order valence-electron chi connectivity index (χ1n) is 11.2. The zero-order chi connectivity index (χ0) is 25.8. The van der Waals surface area contributed by atoms with Crippen LogP contribution in [-0.4, -0.2) is 59.1 Å². The Morgan fingerprint density at radius 2 is 1.83 bits per heavy atom. The molecule has 188 valence electrons. The molecule has 1 aliphatic heterocycles. The monoisotopic (exact) mass is 511 g/mol. The Morgan fingerprint density at radius 1 is 1.06 bits per heavy atom. The van der Waals surface area contributed by atoms with Crippen molar-refractivity contribution in [2.75, 3.05) is 27.9 Å². The van der Waals surface area contributed by atoms with E-state index in [0.29, 0.717) is 35.8 Å².